The van der Waals surface area contributed by atoms with Crippen molar-refractivity contribution in [1.82, 2.24) is 0 Å². The van der Waals surface area contributed by atoms with Gasteiger partial charge in [-0.3, -0.25) is 0 Å². The average Bonchev–Trinajstić information content (AvgIpc) is 2.66. The van der Waals surface area contributed by atoms with Crippen molar-refractivity contribution in [3.63, 3.8) is 0 Å². The van der Waals surface area contributed by atoms with E-state index in [9.17, 15) is 5.11 Å². The first-order valence-corrected chi connectivity index (χ1v) is 6.00. The molecule has 0 amide bonds. The Labute approximate surface area is 91.3 Å². The summed E-state index contributed by atoms with van der Waals surface area (Å²) in [5, 5.41) is 9.99. The summed E-state index contributed by atoms with van der Waals surface area (Å²) in [5.74, 6) is 2.31. The SMILES string of the molecule is Cc1ccc(C(O)CC2CCCCC2)o1. The Hall–Kier alpha value is -0.760. The van der Waals surface area contributed by atoms with E-state index < -0.39 is 6.10 Å². The van der Waals surface area contributed by atoms with Crippen LogP contribution < -0.4 is 0 Å². The molecule has 1 saturated carbocycles. The predicted octanol–water partition coefficient (Wildman–Crippen LogP) is 3.59. The van der Waals surface area contributed by atoms with Gasteiger partial charge in [-0.25, -0.2) is 0 Å². The van der Waals surface area contributed by atoms with E-state index in [1.165, 1.54) is 32.1 Å². The van der Waals surface area contributed by atoms with Gasteiger partial charge in [0.25, 0.3) is 0 Å². The number of rotatable bonds is 3. The van der Waals surface area contributed by atoms with Crippen LogP contribution in [0, 0.1) is 12.8 Å². The number of hydrogen-bond donors (Lipinski definition) is 1. The van der Waals surface area contributed by atoms with Crippen molar-refractivity contribution in [2.45, 2.75) is 51.6 Å². The standard InChI is InChI=1S/C13H20O2/c1-10-7-8-13(15-10)12(14)9-11-5-3-2-4-6-11/h7-8,11-12,14H,2-6,9H2,1H3. The van der Waals surface area contributed by atoms with Crippen molar-refractivity contribution < 1.29 is 9.52 Å². The Balaban J connectivity index is 1.88. The molecule has 1 atom stereocenters. The zero-order chi connectivity index (χ0) is 10.7. The third-order valence-electron chi connectivity index (χ3n) is 3.37. The fourth-order valence-electron chi connectivity index (χ4n) is 2.49. The summed E-state index contributed by atoms with van der Waals surface area (Å²) >= 11 is 0. The summed E-state index contributed by atoms with van der Waals surface area (Å²) in [7, 11) is 0. The number of hydrogen-bond acceptors (Lipinski definition) is 2. The lowest BCUT2D eigenvalue weighted by Crippen LogP contribution is -2.10. The minimum atomic E-state index is -0.401. The van der Waals surface area contributed by atoms with Crippen LogP contribution in [0.5, 0.6) is 0 Å². The lowest BCUT2D eigenvalue weighted by molar-refractivity contribution is 0.108. The van der Waals surface area contributed by atoms with E-state index in [0.29, 0.717) is 5.92 Å². The van der Waals surface area contributed by atoms with Crippen LogP contribution in [0.3, 0.4) is 0 Å². The highest BCUT2D eigenvalue weighted by molar-refractivity contribution is 5.08. The van der Waals surface area contributed by atoms with E-state index in [0.717, 1.165) is 17.9 Å². The molecule has 0 radical (unpaired) electrons. The Morgan fingerprint density at radius 3 is 2.67 bits per heavy atom. The molecule has 1 heterocycles. The van der Waals surface area contributed by atoms with Crippen LogP contribution in [0.4, 0.5) is 0 Å². The van der Waals surface area contributed by atoms with E-state index in [1.54, 1.807) is 0 Å². The molecule has 84 valence electrons. The summed E-state index contributed by atoms with van der Waals surface area (Å²) in [5.41, 5.74) is 0. The van der Waals surface area contributed by atoms with Gasteiger partial charge in [-0.15, -0.1) is 0 Å². The molecule has 1 aliphatic carbocycles. The van der Waals surface area contributed by atoms with Crippen LogP contribution in [-0.2, 0) is 0 Å². The first-order chi connectivity index (χ1) is 7.25. The zero-order valence-electron chi connectivity index (χ0n) is 9.41. The normalized spacial score (nSPS) is 20.4. The minimum absolute atomic E-state index is 0.401. The Morgan fingerprint density at radius 1 is 1.33 bits per heavy atom. The molecule has 1 aromatic heterocycles. The fraction of sp³-hybridized carbons (Fsp3) is 0.692. The summed E-state index contributed by atoms with van der Waals surface area (Å²) in [4.78, 5) is 0. The van der Waals surface area contributed by atoms with Crippen molar-refractivity contribution in [2.75, 3.05) is 0 Å². The van der Waals surface area contributed by atoms with Gasteiger partial charge in [0, 0.05) is 0 Å². The highest BCUT2D eigenvalue weighted by Crippen LogP contribution is 2.32. The maximum Gasteiger partial charge on any atom is 0.132 e. The maximum atomic E-state index is 9.99. The smallest absolute Gasteiger partial charge is 0.132 e. The lowest BCUT2D eigenvalue weighted by Gasteiger charge is -2.23. The average molecular weight is 208 g/mol. The third-order valence-corrected chi connectivity index (χ3v) is 3.37. The van der Waals surface area contributed by atoms with E-state index >= 15 is 0 Å². The van der Waals surface area contributed by atoms with Crippen molar-refractivity contribution in [3.05, 3.63) is 23.7 Å². The van der Waals surface area contributed by atoms with Crippen LogP contribution >= 0.6 is 0 Å². The second-order valence-electron chi connectivity index (χ2n) is 4.70. The summed E-state index contributed by atoms with van der Waals surface area (Å²) in [6.45, 7) is 1.91. The molecule has 1 fully saturated rings. The number of aryl methyl sites for hydroxylation is 1. The molecule has 1 aliphatic rings. The van der Waals surface area contributed by atoms with Gasteiger partial charge in [0.1, 0.15) is 17.6 Å². The molecular formula is C13H20O2. The lowest BCUT2D eigenvalue weighted by atomic mass is 9.85. The topological polar surface area (TPSA) is 33.4 Å². The maximum absolute atomic E-state index is 9.99. The summed E-state index contributed by atoms with van der Waals surface area (Å²) < 4.78 is 5.44. The molecule has 2 rings (SSSR count). The molecule has 2 heteroatoms. The fourth-order valence-corrected chi connectivity index (χ4v) is 2.49. The van der Waals surface area contributed by atoms with E-state index in [-0.39, 0.29) is 0 Å². The molecule has 0 aliphatic heterocycles. The zero-order valence-corrected chi connectivity index (χ0v) is 9.41. The summed E-state index contributed by atoms with van der Waals surface area (Å²) in [6, 6.07) is 3.81. The molecule has 0 aromatic carbocycles. The minimum Gasteiger partial charge on any atom is -0.464 e. The van der Waals surface area contributed by atoms with Crippen LogP contribution in [0.15, 0.2) is 16.5 Å². The highest BCUT2D eigenvalue weighted by atomic mass is 16.4. The van der Waals surface area contributed by atoms with E-state index in [4.69, 9.17) is 4.42 Å². The Morgan fingerprint density at radius 2 is 2.07 bits per heavy atom. The quantitative estimate of drug-likeness (QED) is 0.823. The molecule has 1 aromatic rings. The first-order valence-electron chi connectivity index (χ1n) is 6.00. The third kappa shape index (κ3) is 2.85. The van der Waals surface area contributed by atoms with Gasteiger partial charge in [-0.05, 0) is 31.4 Å². The van der Waals surface area contributed by atoms with Gasteiger partial charge < -0.3 is 9.52 Å². The van der Waals surface area contributed by atoms with Gasteiger partial charge in [-0.2, -0.15) is 0 Å². The Kier molecular flexibility index (Phi) is 3.47. The Bertz CT molecular complexity index is 297. The highest BCUT2D eigenvalue weighted by Gasteiger charge is 2.20. The second-order valence-corrected chi connectivity index (χ2v) is 4.70. The van der Waals surface area contributed by atoms with Gasteiger partial charge >= 0.3 is 0 Å². The van der Waals surface area contributed by atoms with Gasteiger partial charge in [-0.1, -0.05) is 32.1 Å². The number of furan rings is 1. The number of aliphatic hydroxyl groups is 1. The molecule has 1 N–H and O–H groups in total. The second kappa shape index (κ2) is 4.84. The van der Waals surface area contributed by atoms with Crippen LogP contribution in [0.1, 0.15) is 56.1 Å². The molecule has 0 bridgehead atoms. The van der Waals surface area contributed by atoms with Crippen molar-refractivity contribution in [1.29, 1.82) is 0 Å². The number of aliphatic hydroxyl groups excluding tert-OH is 1. The molecular weight excluding hydrogens is 188 g/mol. The molecule has 1 unspecified atom stereocenters. The van der Waals surface area contributed by atoms with Crippen LogP contribution in [0.25, 0.3) is 0 Å². The molecule has 0 spiro atoms. The van der Waals surface area contributed by atoms with Gasteiger partial charge in [0.2, 0.25) is 0 Å². The van der Waals surface area contributed by atoms with Gasteiger partial charge in [0.15, 0.2) is 0 Å². The van der Waals surface area contributed by atoms with Crippen LogP contribution in [0.2, 0.25) is 0 Å². The summed E-state index contributed by atoms with van der Waals surface area (Å²) in [6.07, 6.45) is 7.04. The molecule has 15 heavy (non-hydrogen) atoms. The molecule has 2 nitrogen and oxygen atoms in total. The molecule has 0 saturated heterocycles. The largest absolute Gasteiger partial charge is 0.464 e. The van der Waals surface area contributed by atoms with E-state index in [1.807, 2.05) is 19.1 Å². The monoisotopic (exact) mass is 208 g/mol. The first kappa shape index (κ1) is 10.7. The predicted molar refractivity (Wildman–Crippen MR) is 59.6 cm³/mol. The van der Waals surface area contributed by atoms with Crippen molar-refractivity contribution in [3.8, 4) is 0 Å². The van der Waals surface area contributed by atoms with Crippen molar-refractivity contribution in [2.24, 2.45) is 5.92 Å². The van der Waals surface area contributed by atoms with Gasteiger partial charge in [0.05, 0.1) is 0 Å². The van der Waals surface area contributed by atoms with Crippen molar-refractivity contribution >= 4 is 0 Å². The van der Waals surface area contributed by atoms with E-state index in [2.05, 4.69) is 0 Å². The van der Waals surface area contributed by atoms with Crippen LogP contribution in [-0.4, -0.2) is 5.11 Å².